The van der Waals surface area contributed by atoms with Gasteiger partial charge in [-0.1, -0.05) is 26.8 Å². The molecule has 19 heavy (non-hydrogen) atoms. The van der Waals surface area contributed by atoms with E-state index in [4.69, 9.17) is 9.47 Å². The Bertz CT molecular complexity index is 404. The Kier molecular flexibility index (Phi) is 6.19. The lowest BCUT2D eigenvalue weighted by molar-refractivity contribution is -0.128. The average molecular weight is 265 g/mol. The Morgan fingerprint density at radius 3 is 2.58 bits per heavy atom. The summed E-state index contributed by atoms with van der Waals surface area (Å²) in [6.07, 6.45) is 0.159. The molecule has 0 spiro atoms. The fraction of sp³-hybridized carbons (Fsp3) is 0.533. The van der Waals surface area contributed by atoms with E-state index in [1.807, 2.05) is 25.1 Å². The van der Waals surface area contributed by atoms with Gasteiger partial charge in [-0.15, -0.1) is 0 Å². The van der Waals surface area contributed by atoms with Crippen molar-refractivity contribution in [3.05, 3.63) is 24.3 Å². The number of carbonyl (C=O) groups is 1. The molecule has 1 aromatic carbocycles. The highest BCUT2D eigenvalue weighted by atomic mass is 16.5. The Hall–Kier alpha value is -1.71. The van der Waals surface area contributed by atoms with Gasteiger partial charge in [0.05, 0.1) is 7.11 Å². The predicted octanol–water partition coefficient (Wildman–Crippen LogP) is 2.62. The van der Waals surface area contributed by atoms with Gasteiger partial charge < -0.3 is 14.8 Å². The molecule has 0 aromatic heterocycles. The van der Waals surface area contributed by atoms with Gasteiger partial charge >= 0.3 is 0 Å². The van der Waals surface area contributed by atoms with Crippen molar-refractivity contribution < 1.29 is 14.3 Å². The Morgan fingerprint density at radius 2 is 2.00 bits per heavy atom. The van der Waals surface area contributed by atoms with Gasteiger partial charge in [-0.25, -0.2) is 0 Å². The smallest absolute Gasteiger partial charge is 0.261 e. The minimum absolute atomic E-state index is 0.0704. The zero-order valence-electron chi connectivity index (χ0n) is 12.1. The second-order valence-electron chi connectivity index (χ2n) is 4.83. The van der Waals surface area contributed by atoms with E-state index in [1.54, 1.807) is 13.2 Å². The van der Waals surface area contributed by atoms with Gasteiger partial charge in [0, 0.05) is 12.6 Å². The second-order valence-corrected chi connectivity index (χ2v) is 4.83. The zero-order chi connectivity index (χ0) is 14.3. The van der Waals surface area contributed by atoms with Crippen LogP contribution in [0.25, 0.3) is 0 Å². The number of benzene rings is 1. The number of rotatable bonds is 7. The second kappa shape index (κ2) is 7.67. The predicted molar refractivity (Wildman–Crippen MR) is 75.5 cm³/mol. The van der Waals surface area contributed by atoms with Gasteiger partial charge in [0.1, 0.15) is 11.5 Å². The minimum atomic E-state index is -0.467. The zero-order valence-corrected chi connectivity index (χ0v) is 12.1. The largest absolute Gasteiger partial charge is 0.497 e. The average Bonchev–Trinajstić information content (AvgIpc) is 2.42. The topological polar surface area (TPSA) is 47.6 Å². The molecule has 4 heteroatoms. The van der Waals surface area contributed by atoms with E-state index >= 15 is 0 Å². The molecule has 0 saturated carbocycles. The summed E-state index contributed by atoms with van der Waals surface area (Å²) in [5, 5.41) is 2.89. The van der Waals surface area contributed by atoms with Gasteiger partial charge in [-0.3, -0.25) is 4.79 Å². The fourth-order valence-electron chi connectivity index (χ4n) is 1.58. The first kappa shape index (κ1) is 15.3. The number of hydrogen-bond donors (Lipinski definition) is 1. The summed E-state index contributed by atoms with van der Waals surface area (Å²) in [7, 11) is 1.60. The van der Waals surface area contributed by atoms with Gasteiger partial charge in [0.15, 0.2) is 6.10 Å². The third-order valence-electron chi connectivity index (χ3n) is 2.67. The van der Waals surface area contributed by atoms with Crippen LogP contribution in [0.5, 0.6) is 11.5 Å². The molecule has 1 rings (SSSR count). The van der Waals surface area contributed by atoms with Crippen molar-refractivity contribution in [2.75, 3.05) is 13.7 Å². The molecule has 0 aliphatic rings. The summed E-state index contributed by atoms with van der Waals surface area (Å²) >= 11 is 0. The Labute approximate surface area is 115 Å². The van der Waals surface area contributed by atoms with Crippen LogP contribution < -0.4 is 14.8 Å². The van der Waals surface area contributed by atoms with Crippen LogP contribution in [0.15, 0.2) is 24.3 Å². The number of amides is 1. The van der Waals surface area contributed by atoms with Crippen molar-refractivity contribution in [3.8, 4) is 11.5 Å². The molecular weight excluding hydrogens is 242 g/mol. The molecule has 0 aliphatic heterocycles. The first-order valence-corrected chi connectivity index (χ1v) is 6.65. The van der Waals surface area contributed by atoms with Crippen molar-refractivity contribution in [1.29, 1.82) is 0 Å². The monoisotopic (exact) mass is 265 g/mol. The molecule has 0 aliphatic carbocycles. The van der Waals surface area contributed by atoms with E-state index in [1.165, 1.54) is 0 Å². The number of carbonyl (C=O) groups excluding carboxylic acids is 1. The van der Waals surface area contributed by atoms with Crippen molar-refractivity contribution in [2.24, 2.45) is 5.92 Å². The van der Waals surface area contributed by atoms with Gasteiger partial charge in [0.25, 0.3) is 5.91 Å². The highest BCUT2D eigenvalue weighted by Gasteiger charge is 2.18. The van der Waals surface area contributed by atoms with E-state index in [9.17, 15) is 4.79 Å². The van der Waals surface area contributed by atoms with E-state index < -0.39 is 6.10 Å². The van der Waals surface area contributed by atoms with Crippen molar-refractivity contribution >= 4 is 5.91 Å². The molecule has 0 unspecified atom stereocenters. The summed E-state index contributed by atoms with van der Waals surface area (Å²) in [6, 6.07) is 7.28. The molecule has 0 radical (unpaired) electrons. The van der Waals surface area contributed by atoms with E-state index in [-0.39, 0.29) is 5.91 Å². The van der Waals surface area contributed by atoms with Crippen LogP contribution in [0.3, 0.4) is 0 Å². The molecule has 1 N–H and O–H groups in total. The number of ether oxygens (including phenoxy) is 2. The van der Waals surface area contributed by atoms with Crippen LogP contribution in [-0.2, 0) is 4.79 Å². The molecule has 0 heterocycles. The fourth-order valence-corrected chi connectivity index (χ4v) is 1.58. The molecule has 1 amide bonds. The Morgan fingerprint density at radius 1 is 1.32 bits per heavy atom. The molecule has 0 fully saturated rings. The van der Waals surface area contributed by atoms with E-state index in [2.05, 4.69) is 19.2 Å². The number of hydrogen-bond acceptors (Lipinski definition) is 3. The van der Waals surface area contributed by atoms with Crippen molar-refractivity contribution in [3.63, 3.8) is 0 Å². The Balaban J connectivity index is 2.62. The van der Waals surface area contributed by atoms with Crippen molar-refractivity contribution in [1.82, 2.24) is 5.32 Å². The lowest BCUT2D eigenvalue weighted by atomic mass is 10.2. The maximum Gasteiger partial charge on any atom is 0.261 e. The molecule has 1 atom stereocenters. The van der Waals surface area contributed by atoms with Gasteiger partial charge in [-0.05, 0) is 24.5 Å². The van der Waals surface area contributed by atoms with Crippen LogP contribution >= 0.6 is 0 Å². The summed E-state index contributed by atoms with van der Waals surface area (Å²) in [6.45, 7) is 6.71. The van der Waals surface area contributed by atoms with Crippen LogP contribution in [0.2, 0.25) is 0 Å². The summed E-state index contributed by atoms with van der Waals surface area (Å²) in [5.74, 6) is 1.72. The summed E-state index contributed by atoms with van der Waals surface area (Å²) < 4.78 is 10.8. The molecule has 0 bridgehead atoms. The quantitative estimate of drug-likeness (QED) is 0.824. The molecule has 4 nitrogen and oxygen atoms in total. The normalized spacial score (nSPS) is 12.1. The summed E-state index contributed by atoms with van der Waals surface area (Å²) in [4.78, 5) is 12.0. The summed E-state index contributed by atoms with van der Waals surface area (Å²) in [5.41, 5.74) is 0. The minimum Gasteiger partial charge on any atom is -0.497 e. The first-order chi connectivity index (χ1) is 9.06. The molecular formula is C15H23NO3. The van der Waals surface area contributed by atoms with E-state index in [0.29, 0.717) is 24.6 Å². The van der Waals surface area contributed by atoms with Gasteiger partial charge in [-0.2, -0.15) is 0 Å². The number of nitrogens with one attached hydrogen (secondary N) is 1. The number of methoxy groups -OCH3 is 1. The standard InChI is InChI=1S/C15H23NO3/c1-5-14(15(17)16-10-11(2)3)19-13-8-6-7-12(9-13)18-4/h6-9,11,14H,5,10H2,1-4H3,(H,16,17)/t14-/m1/s1. The highest BCUT2D eigenvalue weighted by molar-refractivity contribution is 5.81. The lowest BCUT2D eigenvalue weighted by Gasteiger charge is -2.18. The van der Waals surface area contributed by atoms with E-state index in [0.717, 1.165) is 5.75 Å². The lowest BCUT2D eigenvalue weighted by Crippen LogP contribution is -2.39. The van der Waals surface area contributed by atoms with Gasteiger partial charge in [0.2, 0.25) is 0 Å². The SMILES string of the molecule is CC[C@@H](Oc1cccc(OC)c1)C(=O)NCC(C)C. The highest BCUT2D eigenvalue weighted by Crippen LogP contribution is 2.20. The van der Waals surface area contributed by atoms with Crippen LogP contribution in [-0.4, -0.2) is 25.7 Å². The van der Waals surface area contributed by atoms with Crippen LogP contribution in [0.4, 0.5) is 0 Å². The maximum atomic E-state index is 12.0. The van der Waals surface area contributed by atoms with Crippen LogP contribution in [0.1, 0.15) is 27.2 Å². The molecule has 106 valence electrons. The maximum absolute atomic E-state index is 12.0. The molecule has 0 saturated heterocycles. The van der Waals surface area contributed by atoms with Crippen molar-refractivity contribution in [2.45, 2.75) is 33.3 Å². The third kappa shape index (κ3) is 5.20. The third-order valence-corrected chi connectivity index (χ3v) is 2.67. The van der Waals surface area contributed by atoms with Crippen LogP contribution in [0, 0.1) is 5.92 Å². The molecule has 1 aromatic rings. The first-order valence-electron chi connectivity index (χ1n) is 6.65.